The molecule has 0 aliphatic carbocycles. The van der Waals surface area contributed by atoms with Crippen molar-refractivity contribution in [3.63, 3.8) is 0 Å². The number of rotatable bonds is 6. The first-order valence-electron chi connectivity index (χ1n) is 8.32. The maximum Gasteiger partial charge on any atom is 0.271 e. The maximum absolute atomic E-state index is 13.2. The van der Waals surface area contributed by atoms with Crippen LogP contribution in [0.3, 0.4) is 0 Å². The molecule has 12 heteroatoms. The Labute approximate surface area is 175 Å². The molecule has 0 fully saturated rings. The number of carbonyl (C=O) groups excluding carboxylic acids is 2. The number of primary amides is 1. The van der Waals surface area contributed by atoms with Gasteiger partial charge in [-0.2, -0.15) is 5.10 Å². The summed E-state index contributed by atoms with van der Waals surface area (Å²) in [4.78, 5) is 23.6. The van der Waals surface area contributed by atoms with Crippen molar-refractivity contribution in [2.24, 2.45) is 5.73 Å². The van der Waals surface area contributed by atoms with Crippen LogP contribution in [0.15, 0.2) is 47.4 Å². The molecular weight excluding hydrogens is 437 g/mol. The van der Waals surface area contributed by atoms with Crippen molar-refractivity contribution >= 4 is 44.8 Å². The lowest BCUT2D eigenvalue weighted by atomic mass is 10.2. The average Bonchev–Trinajstić information content (AvgIpc) is 3.04. The largest absolute Gasteiger partial charge is 0.364 e. The Kier molecular flexibility index (Phi) is 5.76. The number of nitrogens with two attached hydrogens (primary N) is 1. The molecule has 0 bridgehead atoms. The summed E-state index contributed by atoms with van der Waals surface area (Å²) in [5.41, 5.74) is 6.08. The van der Waals surface area contributed by atoms with Crippen molar-refractivity contribution in [2.45, 2.75) is 11.8 Å². The molecule has 0 unspecified atom stereocenters. The number of aromatic amines is 1. The number of aryl methyl sites for hydroxylation is 1. The number of sulfonamides is 1. The standard InChI is InChI=1S/C18H15ClFN5O4S/c1-9-15(16(17(21)26)24-23-9)22-18(27)10-2-4-11(5-3-10)25-30(28,29)12-6-7-14(20)13(19)8-12/h2-8,25H,1H3,(H2,21,26)(H,22,27)(H,23,24). The second-order valence-electron chi connectivity index (χ2n) is 6.15. The molecule has 5 N–H and O–H groups in total. The third-order valence-electron chi connectivity index (χ3n) is 4.02. The van der Waals surface area contributed by atoms with Crippen molar-refractivity contribution < 1.29 is 22.4 Å². The van der Waals surface area contributed by atoms with E-state index in [9.17, 15) is 22.4 Å². The van der Waals surface area contributed by atoms with Crippen LogP contribution in [0.4, 0.5) is 15.8 Å². The first kappa shape index (κ1) is 21.3. The first-order valence-corrected chi connectivity index (χ1v) is 10.2. The highest BCUT2D eigenvalue weighted by Gasteiger charge is 2.19. The minimum Gasteiger partial charge on any atom is -0.364 e. The Morgan fingerprint density at radius 3 is 2.43 bits per heavy atom. The summed E-state index contributed by atoms with van der Waals surface area (Å²) in [5, 5.41) is 8.51. The summed E-state index contributed by atoms with van der Waals surface area (Å²) in [7, 11) is -4.01. The normalized spacial score (nSPS) is 11.2. The maximum atomic E-state index is 13.2. The highest BCUT2D eigenvalue weighted by Crippen LogP contribution is 2.23. The van der Waals surface area contributed by atoms with Gasteiger partial charge in [0.25, 0.3) is 21.8 Å². The van der Waals surface area contributed by atoms with Crippen LogP contribution >= 0.6 is 11.6 Å². The van der Waals surface area contributed by atoms with Gasteiger partial charge in [-0.05, 0) is 49.4 Å². The molecule has 1 aromatic heterocycles. The van der Waals surface area contributed by atoms with Crippen LogP contribution in [-0.4, -0.2) is 30.4 Å². The molecular formula is C18H15ClFN5O4S. The number of hydrogen-bond acceptors (Lipinski definition) is 5. The summed E-state index contributed by atoms with van der Waals surface area (Å²) in [6, 6.07) is 8.51. The second-order valence-corrected chi connectivity index (χ2v) is 8.24. The number of anilines is 2. The molecule has 0 spiro atoms. The molecule has 9 nitrogen and oxygen atoms in total. The molecule has 2 amide bonds. The third kappa shape index (κ3) is 4.42. The van der Waals surface area contributed by atoms with Gasteiger partial charge in [0, 0.05) is 11.3 Å². The van der Waals surface area contributed by atoms with Crippen molar-refractivity contribution in [2.75, 3.05) is 10.0 Å². The van der Waals surface area contributed by atoms with E-state index in [1.54, 1.807) is 6.92 Å². The van der Waals surface area contributed by atoms with Gasteiger partial charge < -0.3 is 11.1 Å². The number of H-pyrrole nitrogens is 1. The van der Waals surface area contributed by atoms with Gasteiger partial charge in [0.2, 0.25) is 0 Å². The van der Waals surface area contributed by atoms with Crippen LogP contribution in [-0.2, 0) is 10.0 Å². The Hall–Kier alpha value is -3.44. The van der Waals surface area contributed by atoms with Crippen LogP contribution in [0.25, 0.3) is 0 Å². The third-order valence-corrected chi connectivity index (χ3v) is 5.69. The minimum absolute atomic E-state index is 0.108. The number of halogens is 2. The highest BCUT2D eigenvalue weighted by molar-refractivity contribution is 7.92. The monoisotopic (exact) mass is 451 g/mol. The number of benzene rings is 2. The molecule has 3 aromatic rings. The zero-order valence-corrected chi connectivity index (χ0v) is 16.9. The molecule has 3 rings (SSSR count). The Balaban J connectivity index is 1.76. The van der Waals surface area contributed by atoms with Gasteiger partial charge in [0.1, 0.15) is 5.82 Å². The van der Waals surface area contributed by atoms with E-state index in [-0.39, 0.29) is 32.6 Å². The van der Waals surface area contributed by atoms with E-state index in [0.29, 0.717) is 5.69 Å². The lowest BCUT2D eigenvalue weighted by Gasteiger charge is -2.10. The smallest absolute Gasteiger partial charge is 0.271 e. The molecule has 0 atom stereocenters. The van der Waals surface area contributed by atoms with Crippen molar-refractivity contribution in [3.8, 4) is 0 Å². The number of nitrogens with one attached hydrogen (secondary N) is 3. The summed E-state index contributed by atoms with van der Waals surface area (Å²) in [6.07, 6.45) is 0. The second kappa shape index (κ2) is 8.13. The van der Waals surface area contributed by atoms with Crippen molar-refractivity contribution in [1.29, 1.82) is 0 Å². The molecule has 2 aromatic carbocycles. The fraction of sp³-hybridized carbons (Fsp3) is 0.0556. The lowest BCUT2D eigenvalue weighted by molar-refractivity contribution is 0.0996. The number of aromatic nitrogens is 2. The van der Waals surface area contributed by atoms with Crippen LogP contribution < -0.4 is 15.8 Å². The number of nitrogens with zero attached hydrogens (tertiary/aromatic N) is 1. The molecule has 156 valence electrons. The minimum atomic E-state index is -4.01. The Morgan fingerprint density at radius 2 is 1.83 bits per heavy atom. The molecule has 0 aliphatic heterocycles. The topological polar surface area (TPSA) is 147 Å². The van der Waals surface area contributed by atoms with Crippen LogP contribution in [0, 0.1) is 12.7 Å². The Bertz CT molecular complexity index is 1240. The van der Waals surface area contributed by atoms with Crippen LogP contribution in [0.2, 0.25) is 5.02 Å². The summed E-state index contributed by atoms with van der Waals surface area (Å²) >= 11 is 5.63. The molecule has 0 saturated heterocycles. The van der Waals surface area contributed by atoms with Crippen molar-refractivity contribution in [3.05, 3.63) is 70.3 Å². The molecule has 0 aliphatic rings. The predicted molar refractivity (Wildman–Crippen MR) is 108 cm³/mol. The Morgan fingerprint density at radius 1 is 1.17 bits per heavy atom. The van der Waals surface area contributed by atoms with E-state index in [1.807, 2.05) is 0 Å². The zero-order valence-electron chi connectivity index (χ0n) is 15.4. The first-order chi connectivity index (χ1) is 14.1. The molecule has 1 heterocycles. The number of hydrogen-bond donors (Lipinski definition) is 4. The van der Waals surface area contributed by atoms with Gasteiger partial charge in [0.05, 0.1) is 21.3 Å². The van der Waals surface area contributed by atoms with Gasteiger partial charge in [0.15, 0.2) is 5.69 Å². The average molecular weight is 452 g/mol. The fourth-order valence-corrected chi connectivity index (χ4v) is 3.82. The van der Waals surface area contributed by atoms with Gasteiger partial charge in [-0.25, -0.2) is 12.8 Å². The fourth-order valence-electron chi connectivity index (χ4n) is 2.49. The van der Waals surface area contributed by atoms with Gasteiger partial charge in [-0.1, -0.05) is 11.6 Å². The van der Waals surface area contributed by atoms with E-state index in [4.69, 9.17) is 17.3 Å². The van der Waals surface area contributed by atoms with E-state index >= 15 is 0 Å². The van der Waals surface area contributed by atoms with Crippen molar-refractivity contribution in [1.82, 2.24) is 10.2 Å². The number of amides is 2. The quantitative estimate of drug-likeness (QED) is 0.455. The SMILES string of the molecule is Cc1[nH]nc(C(N)=O)c1NC(=O)c1ccc(NS(=O)(=O)c2ccc(F)c(Cl)c2)cc1. The van der Waals surface area contributed by atoms with Gasteiger partial charge >= 0.3 is 0 Å². The van der Waals surface area contributed by atoms with E-state index < -0.39 is 27.7 Å². The van der Waals surface area contributed by atoms with Crippen LogP contribution in [0.5, 0.6) is 0 Å². The lowest BCUT2D eigenvalue weighted by Crippen LogP contribution is -2.18. The van der Waals surface area contributed by atoms with E-state index in [0.717, 1.165) is 18.2 Å². The van der Waals surface area contributed by atoms with Gasteiger partial charge in [-0.3, -0.25) is 19.4 Å². The molecule has 0 radical (unpaired) electrons. The van der Waals surface area contributed by atoms with Gasteiger partial charge in [-0.15, -0.1) is 0 Å². The molecule has 0 saturated carbocycles. The van der Waals surface area contributed by atoms with Crippen LogP contribution in [0.1, 0.15) is 26.5 Å². The predicted octanol–water partition coefficient (Wildman–Crippen LogP) is 2.66. The van der Waals surface area contributed by atoms with E-state index in [1.165, 1.54) is 24.3 Å². The number of carbonyl (C=O) groups is 2. The summed E-state index contributed by atoms with van der Waals surface area (Å²) in [5.74, 6) is -2.10. The summed E-state index contributed by atoms with van der Waals surface area (Å²) < 4.78 is 40.4. The zero-order chi connectivity index (χ0) is 22.1. The van der Waals surface area contributed by atoms with E-state index in [2.05, 4.69) is 20.2 Å². The highest BCUT2D eigenvalue weighted by atomic mass is 35.5. The molecule has 30 heavy (non-hydrogen) atoms. The summed E-state index contributed by atoms with van der Waals surface area (Å²) in [6.45, 7) is 1.61.